The third kappa shape index (κ3) is 3.73. The molecule has 1 fully saturated rings. The molecule has 0 aromatic heterocycles. The van der Waals surface area contributed by atoms with Crippen LogP contribution in [0.2, 0.25) is 0 Å². The summed E-state index contributed by atoms with van der Waals surface area (Å²) in [7, 11) is 0. The van der Waals surface area contributed by atoms with Gasteiger partial charge in [-0.05, 0) is 31.2 Å². The number of benzene rings is 1. The lowest BCUT2D eigenvalue weighted by Gasteiger charge is -2.40. The van der Waals surface area contributed by atoms with Crippen LogP contribution in [0.4, 0.5) is 5.69 Å². The molecule has 1 aliphatic carbocycles. The van der Waals surface area contributed by atoms with E-state index in [0.717, 1.165) is 6.61 Å². The van der Waals surface area contributed by atoms with Gasteiger partial charge in [-0.1, -0.05) is 44.9 Å². The molecule has 106 valence electrons. The van der Waals surface area contributed by atoms with Crippen LogP contribution in [-0.4, -0.2) is 12.6 Å². The van der Waals surface area contributed by atoms with Crippen molar-refractivity contribution in [3.63, 3.8) is 0 Å². The number of nitrogens with one attached hydrogen (secondary N) is 1. The average molecular weight is 261 g/mol. The van der Waals surface area contributed by atoms with Crippen LogP contribution in [0.25, 0.3) is 0 Å². The third-order valence-corrected chi connectivity index (χ3v) is 4.32. The van der Waals surface area contributed by atoms with Gasteiger partial charge in [0.25, 0.3) is 0 Å². The molecule has 0 aliphatic heterocycles. The zero-order valence-corrected chi connectivity index (χ0v) is 12.5. The Hall–Kier alpha value is -1.02. The van der Waals surface area contributed by atoms with Crippen LogP contribution < -0.4 is 5.32 Å². The van der Waals surface area contributed by atoms with E-state index >= 15 is 0 Å². The Bertz CT molecular complexity index is 400. The number of rotatable bonds is 5. The third-order valence-electron chi connectivity index (χ3n) is 4.32. The fraction of sp³-hybridized carbons (Fsp3) is 0.647. The molecule has 19 heavy (non-hydrogen) atoms. The van der Waals surface area contributed by atoms with Crippen molar-refractivity contribution in [3.8, 4) is 0 Å². The molecule has 2 nitrogen and oxygen atoms in total. The van der Waals surface area contributed by atoms with E-state index in [1.54, 1.807) is 0 Å². The summed E-state index contributed by atoms with van der Waals surface area (Å²) >= 11 is 0. The quantitative estimate of drug-likeness (QED) is 0.836. The van der Waals surface area contributed by atoms with Crippen LogP contribution in [0, 0.1) is 5.41 Å². The Morgan fingerprint density at radius 1 is 1.26 bits per heavy atom. The molecule has 1 aromatic carbocycles. The summed E-state index contributed by atoms with van der Waals surface area (Å²) in [5.41, 5.74) is 2.90. The Balaban J connectivity index is 2.09. The predicted molar refractivity (Wildman–Crippen MR) is 81.4 cm³/mol. The first-order valence-electron chi connectivity index (χ1n) is 7.55. The van der Waals surface area contributed by atoms with Gasteiger partial charge in [0.15, 0.2) is 0 Å². The number of anilines is 1. The van der Waals surface area contributed by atoms with Crippen molar-refractivity contribution in [1.29, 1.82) is 0 Å². The molecule has 0 radical (unpaired) electrons. The molecule has 0 spiro atoms. The van der Waals surface area contributed by atoms with E-state index in [1.165, 1.54) is 36.9 Å². The van der Waals surface area contributed by atoms with Gasteiger partial charge in [0.1, 0.15) is 0 Å². The van der Waals surface area contributed by atoms with Gasteiger partial charge in [-0.25, -0.2) is 0 Å². The van der Waals surface area contributed by atoms with Crippen molar-refractivity contribution in [2.45, 2.75) is 59.1 Å². The summed E-state index contributed by atoms with van der Waals surface area (Å²) in [4.78, 5) is 0. The second-order valence-corrected chi connectivity index (χ2v) is 6.23. The SMILES string of the molecule is CCOCc1ccccc1NC1CCCCC1(C)C. The smallest absolute Gasteiger partial charge is 0.0736 e. The topological polar surface area (TPSA) is 21.3 Å². The Morgan fingerprint density at radius 2 is 2.05 bits per heavy atom. The van der Waals surface area contributed by atoms with Crippen molar-refractivity contribution < 1.29 is 4.74 Å². The molecular weight excluding hydrogens is 234 g/mol. The number of hydrogen-bond acceptors (Lipinski definition) is 2. The van der Waals surface area contributed by atoms with E-state index in [4.69, 9.17) is 4.74 Å². The summed E-state index contributed by atoms with van der Waals surface area (Å²) in [6.45, 7) is 8.28. The number of ether oxygens (including phenoxy) is 1. The standard InChI is InChI=1S/C17H27NO/c1-4-19-13-14-9-5-6-10-15(14)18-16-11-7-8-12-17(16,2)3/h5-6,9-10,16,18H,4,7-8,11-13H2,1-3H3. The van der Waals surface area contributed by atoms with E-state index in [1.807, 2.05) is 6.92 Å². The van der Waals surface area contributed by atoms with Crippen LogP contribution in [0.3, 0.4) is 0 Å². The Labute approximate surface area is 117 Å². The lowest BCUT2D eigenvalue weighted by atomic mass is 9.73. The largest absolute Gasteiger partial charge is 0.381 e. The monoisotopic (exact) mass is 261 g/mol. The van der Waals surface area contributed by atoms with Crippen molar-refractivity contribution in [1.82, 2.24) is 0 Å². The zero-order chi connectivity index (χ0) is 13.7. The molecule has 1 aromatic rings. The molecule has 2 rings (SSSR count). The summed E-state index contributed by atoms with van der Waals surface area (Å²) in [5.74, 6) is 0. The second-order valence-electron chi connectivity index (χ2n) is 6.23. The van der Waals surface area contributed by atoms with Gasteiger partial charge in [0.05, 0.1) is 6.61 Å². The summed E-state index contributed by atoms with van der Waals surface area (Å²) in [5, 5.41) is 3.77. The molecular formula is C17H27NO. The van der Waals surface area contributed by atoms with Crippen LogP contribution in [-0.2, 0) is 11.3 Å². The Morgan fingerprint density at radius 3 is 2.79 bits per heavy atom. The van der Waals surface area contributed by atoms with E-state index < -0.39 is 0 Å². The molecule has 1 saturated carbocycles. The van der Waals surface area contributed by atoms with Crippen LogP contribution in [0.15, 0.2) is 24.3 Å². The minimum Gasteiger partial charge on any atom is -0.381 e. The minimum atomic E-state index is 0.386. The maximum absolute atomic E-state index is 5.56. The lowest BCUT2D eigenvalue weighted by Crippen LogP contribution is -2.39. The summed E-state index contributed by atoms with van der Waals surface area (Å²) in [6.07, 6.45) is 5.30. The van der Waals surface area contributed by atoms with Crippen LogP contribution >= 0.6 is 0 Å². The zero-order valence-electron chi connectivity index (χ0n) is 12.5. The van der Waals surface area contributed by atoms with E-state index in [2.05, 4.69) is 43.4 Å². The number of para-hydroxylation sites is 1. The molecule has 1 aliphatic rings. The predicted octanol–water partition coefficient (Wildman–Crippen LogP) is 4.60. The van der Waals surface area contributed by atoms with Crippen LogP contribution in [0.5, 0.6) is 0 Å². The van der Waals surface area contributed by atoms with Gasteiger partial charge < -0.3 is 10.1 Å². The van der Waals surface area contributed by atoms with Gasteiger partial charge in [0.2, 0.25) is 0 Å². The van der Waals surface area contributed by atoms with Crippen molar-refractivity contribution in [2.24, 2.45) is 5.41 Å². The van der Waals surface area contributed by atoms with Crippen molar-refractivity contribution >= 4 is 5.69 Å². The highest BCUT2D eigenvalue weighted by atomic mass is 16.5. The summed E-state index contributed by atoms with van der Waals surface area (Å²) < 4.78 is 5.56. The first-order valence-corrected chi connectivity index (χ1v) is 7.55. The van der Waals surface area contributed by atoms with E-state index in [9.17, 15) is 0 Å². The second kappa shape index (κ2) is 6.42. The van der Waals surface area contributed by atoms with Crippen molar-refractivity contribution in [3.05, 3.63) is 29.8 Å². The lowest BCUT2D eigenvalue weighted by molar-refractivity contribution is 0.134. The Kier molecular flexibility index (Phi) is 4.87. The maximum Gasteiger partial charge on any atom is 0.0736 e. The maximum atomic E-state index is 5.56. The van der Waals surface area contributed by atoms with Gasteiger partial charge in [0, 0.05) is 23.9 Å². The van der Waals surface area contributed by atoms with Gasteiger partial charge in [-0.15, -0.1) is 0 Å². The fourth-order valence-corrected chi connectivity index (χ4v) is 2.95. The molecule has 1 N–H and O–H groups in total. The minimum absolute atomic E-state index is 0.386. The molecule has 1 unspecified atom stereocenters. The number of hydrogen-bond donors (Lipinski definition) is 1. The van der Waals surface area contributed by atoms with Crippen molar-refractivity contribution in [2.75, 3.05) is 11.9 Å². The van der Waals surface area contributed by atoms with E-state index in [0.29, 0.717) is 18.1 Å². The van der Waals surface area contributed by atoms with Gasteiger partial charge in [-0.3, -0.25) is 0 Å². The fourth-order valence-electron chi connectivity index (χ4n) is 2.95. The molecule has 2 heteroatoms. The van der Waals surface area contributed by atoms with Crippen LogP contribution in [0.1, 0.15) is 52.0 Å². The highest BCUT2D eigenvalue weighted by Gasteiger charge is 2.32. The highest BCUT2D eigenvalue weighted by molar-refractivity contribution is 5.51. The molecule has 0 saturated heterocycles. The molecule has 0 amide bonds. The van der Waals surface area contributed by atoms with E-state index in [-0.39, 0.29) is 0 Å². The van der Waals surface area contributed by atoms with Gasteiger partial charge in [-0.2, -0.15) is 0 Å². The van der Waals surface area contributed by atoms with Gasteiger partial charge >= 0.3 is 0 Å². The summed E-state index contributed by atoms with van der Waals surface area (Å²) in [6, 6.07) is 9.11. The normalized spacial score (nSPS) is 22.2. The first-order chi connectivity index (χ1) is 9.13. The molecule has 0 bridgehead atoms. The average Bonchev–Trinajstić information content (AvgIpc) is 2.40. The molecule has 1 atom stereocenters. The first kappa shape index (κ1) is 14.4. The highest BCUT2D eigenvalue weighted by Crippen LogP contribution is 2.37. The molecule has 0 heterocycles.